The van der Waals surface area contributed by atoms with Crippen molar-refractivity contribution in [2.24, 2.45) is 0 Å². The number of ether oxygens (including phenoxy) is 1. The molecule has 0 spiro atoms. The second-order valence-electron chi connectivity index (χ2n) is 3.89. The minimum absolute atomic E-state index is 0.208. The number of hydrogen-bond donors (Lipinski definition) is 1. The highest BCUT2D eigenvalue weighted by molar-refractivity contribution is 9.10. The monoisotopic (exact) mass is 325 g/mol. The minimum Gasteiger partial charge on any atom is -0.497 e. The summed E-state index contributed by atoms with van der Waals surface area (Å²) in [5.41, 5.74) is 1.21. The maximum atomic E-state index is 5.31. The standard InChI is InChI=1S/C14H16BrNOS/c1-3-16-14(13-5-4-8-18-13)11-9-10(17-2)6-7-12(11)15/h4-9,14,16H,3H2,1-2H3. The third kappa shape index (κ3) is 2.94. The molecule has 0 saturated heterocycles. The Hall–Kier alpha value is -0.840. The topological polar surface area (TPSA) is 21.3 Å². The maximum Gasteiger partial charge on any atom is 0.119 e. The van der Waals surface area contributed by atoms with Crippen LogP contribution in [0.4, 0.5) is 0 Å². The Bertz CT molecular complexity index is 499. The molecule has 0 amide bonds. The van der Waals surface area contributed by atoms with Gasteiger partial charge in [0, 0.05) is 9.35 Å². The van der Waals surface area contributed by atoms with Crippen LogP contribution in [0.25, 0.3) is 0 Å². The number of benzene rings is 1. The fourth-order valence-corrected chi connectivity index (χ4v) is 3.19. The smallest absolute Gasteiger partial charge is 0.119 e. The van der Waals surface area contributed by atoms with Gasteiger partial charge in [0.1, 0.15) is 5.75 Å². The second-order valence-corrected chi connectivity index (χ2v) is 5.73. The summed E-state index contributed by atoms with van der Waals surface area (Å²) >= 11 is 5.39. The van der Waals surface area contributed by atoms with E-state index in [1.165, 1.54) is 10.4 Å². The van der Waals surface area contributed by atoms with Crippen molar-refractivity contribution in [2.45, 2.75) is 13.0 Å². The Kier molecular flexibility index (Phi) is 4.80. The van der Waals surface area contributed by atoms with Crippen LogP contribution < -0.4 is 10.1 Å². The average Bonchev–Trinajstić information content (AvgIpc) is 2.91. The molecule has 1 aromatic carbocycles. The highest BCUT2D eigenvalue weighted by Gasteiger charge is 2.17. The Morgan fingerprint density at radius 3 is 2.83 bits per heavy atom. The van der Waals surface area contributed by atoms with Crippen molar-refractivity contribution in [3.8, 4) is 5.75 Å². The quantitative estimate of drug-likeness (QED) is 0.888. The fraction of sp³-hybridized carbons (Fsp3) is 0.286. The van der Waals surface area contributed by atoms with Crippen LogP contribution in [-0.4, -0.2) is 13.7 Å². The normalized spacial score (nSPS) is 12.4. The van der Waals surface area contributed by atoms with Crippen molar-refractivity contribution >= 4 is 27.3 Å². The zero-order chi connectivity index (χ0) is 13.0. The van der Waals surface area contributed by atoms with Gasteiger partial charge in [0.15, 0.2) is 0 Å². The number of rotatable bonds is 5. The summed E-state index contributed by atoms with van der Waals surface area (Å²) in [6, 6.07) is 10.5. The summed E-state index contributed by atoms with van der Waals surface area (Å²) in [6.45, 7) is 3.04. The van der Waals surface area contributed by atoms with Crippen molar-refractivity contribution < 1.29 is 4.74 Å². The summed E-state index contributed by atoms with van der Waals surface area (Å²) in [7, 11) is 1.69. The van der Waals surface area contributed by atoms with E-state index in [4.69, 9.17) is 4.74 Å². The Morgan fingerprint density at radius 1 is 1.39 bits per heavy atom. The summed E-state index contributed by atoms with van der Waals surface area (Å²) in [5, 5.41) is 5.62. The zero-order valence-electron chi connectivity index (χ0n) is 10.4. The number of methoxy groups -OCH3 is 1. The highest BCUT2D eigenvalue weighted by atomic mass is 79.9. The van der Waals surface area contributed by atoms with Crippen molar-refractivity contribution in [1.29, 1.82) is 0 Å². The first-order chi connectivity index (χ1) is 8.76. The van der Waals surface area contributed by atoms with Crippen molar-refractivity contribution in [3.05, 3.63) is 50.6 Å². The predicted octanol–water partition coefficient (Wildman–Crippen LogP) is 4.22. The Labute approximate surface area is 120 Å². The molecule has 0 aliphatic rings. The van der Waals surface area contributed by atoms with Gasteiger partial charge in [-0.2, -0.15) is 0 Å². The van der Waals surface area contributed by atoms with E-state index in [1.54, 1.807) is 18.4 Å². The third-order valence-corrected chi connectivity index (χ3v) is 4.41. The molecular formula is C14H16BrNOS. The van der Waals surface area contributed by atoms with Crippen LogP contribution in [0.3, 0.4) is 0 Å². The van der Waals surface area contributed by atoms with Gasteiger partial charge in [0.2, 0.25) is 0 Å². The van der Waals surface area contributed by atoms with Gasteiger partial charge in [-0.05, 0) is 41.8 Å². The largest absolute Gasteiger partial charge is 0.497 e. The lowest BCUT2D eigenvalue weighted by Gasteiger charge is -2.19. The zero-order valence-corrected chi connectivity index (χ0v) is 12.8. The van der Waals surface area contributed by atoms with Crippen molar-refractivity contribution in [1.82, 2.24) is 5.32 Å². The van der Waals surface area contributed by atoms with E-state index in [1.807, 2.05) is 12.1 Å². The lowest BCUT2D eigenvalue weighted by Crippen LogP contribution is -2.21. The number of hydrogen-bond acceptors (Lipinski definition) is 3. The van der Waals surface area contributed by atoms with E-state index >= 15 is 0 Å². The number of halogens is 1. The van der Waals surface area contributed by atoms with Crippen molar-refractivity contribution in [3.63, 3.8) is 0 Å². The molecule has 0 radical (unpaired) electrons. The van der Waals surface area contributed by atoms with E-state index < -0.39 is 0 Å². The molecule has 1 atom stereocenters. The van der Waals surface area contributed by atoms with Crippen LogP contribution in [0.2, 0.25) is 0 Å². The lowest BCUT2D eigenvalue weighted by molar-refractivity contribution is 0.413. The Morgan fingerprint density at radius 2 is 2.22 bits per heavy atom. The van der Waals surface area contributed by atoms with Crippen LogP contribution in [0.1, 0.15) is 23.4 Å². The second kappa shape index (κ2) is 6.36. The van der Waals surface area contributed by atoms with Crippen LogP contribution in [-0.2, 0) is 0 Å². The average molecular weight is 326 g/mol. The van der Waals surface area contributed by atoms with Crippen LogP contribution >= 0.6 is 27.3 Å². The van der Waals surface area contributed by atoms with Gasteiger partial charge in [-0.3, -0.25) is 0 Å². The molecule has 18 heavy (non-hydrogen) atoms. The predicted molar refractivity (Wildman–Crippen MR) is 80.5 cm³/mol. The Balaban J connectivity index is 2.42. The highest BCUT2D eigenvalue weighted by Crippen LogP contribution is 2.33. The van der Waals surface area contributed by atoms with Crippen molar-refractivity contribution in [2.75, 3.05) is 13.7 Å². The molecule has 1 aromatic heterocycles. The molecular weight excluding hydrogens is 310 g/mol. The van der Waals surface area contributed by atoms with E-state index in [0.29, 0.717) is 0 Å². The maximum absolute atomic E-state index is 5.31. The first kappa shape index (κ1) is 13.6. The molecule has 4 heteroatoms. The third-order valence-electron chi connectivity index (χ3n) is 2.75. The number of thiophene rings is 1. The van der Waals surface area contributed by atoms with Crippen LogP contribution in [0.5, 0.6) is 5.75 Å². The fourth-order valence-electron chi connectivity index (χ4n) is 1.89. The molecule has 0 aliphatic heterocycles. The van der Waals surface area contributed by atoms with Crippen LogP contribution in [0, 0.1) is 0 Å². The molecule has 0 bridgehead atoms. The first-order valence-corrected chi connectivity index (χ1v) is 7.53. The first-order valence-electron chi connectivity index (χ1n) is 5.86. The summed E-state index contributed by atoms with van der Waals surface area (Å²) in [4.78, 5) is 1.31. The number of nitrogens with one attached hydrogen (secondary N) is 1. The SMILES string of the molecule is CCNC(c1cccs1)c1cc(OC)ccc1Br. The lowest BCUT2D eigenvalue weighted by atomic mass is 10.0. The van der Waals surface area contributed by atoms with Gasteiger partial charge < -0.3 is 10.1 Å². The molecule has 1 heterocycles. The van der Waals surface area contributed by atoms with Gasteiger partial charge in [-0.25, -0.2) is 0 Å². The summed E-state index contributed by atoms with van der Waals surface area (Å²) in [6.07, 6.45) is 0. The molecule has 0 saturated carbocycles. The molecule has 0 aliphatic carbocycles. The molecule has 2 rings (SSSR count). The summed E-state index contributed by atoms with van der Waals surface area (Å²) < 4.78 is 6.41. The molecule has 1 unspecified atom stereocenters. The van der Waals surface area contributed by atoms with Gasteiger partial charge >= 0.3 is 0 Å². The van der Waals surface area contributed by atoms with E-state index in [0.717, 1.165) is 16.8 Å². The van der Waals surface area contributed by atoms with E-state index in [-0.39, 0.29) is 6.04 Å². The molecule has 96 valence electrons. The van der Waals surface area contributed by atoms with E-state index in [9.17, 15) is 0 Å². The van der Waals surface area contributed by atoms with Gasteiger partial charge in [-0.1, -0.05) is 28.9 Å². The molecule has 0 fully saturated rings. The van der Waals surface area contributed by atoms with Gasteiger partial charge in [-0.15, -0.1) is 11.3 Å². The molecule has 1 N–H and O–H groups in total. The molecule has 2 aromatic rings. The molecule has 2 nitrogen and oxygen atoms in total. The van der Waals surface area contributed by atoms with E-state index in [2.05, 4.69) is 51.7 Å². The van der Waals surface area contributed by atoms with Gasteiger partial charge in [0.05, 0.1) is 13.2 Å². The van der Waals surface area contributed by atoms with Gasteiger partial charge in [0.25, 0.3) is 0 Å². The minimum atomic E-state index is 0.208. The summed E-state index contributed by atoms with van der Waals surface area (Å²) in [5.74, 6) is 0.882. The van der Waals surface area contributed by atoms with Crippen LogP contribution in [0.15, 0.2) is 40.2 Å².